The van der Waals surface area contributed by atoms with Gasteiger partial charge in [-0.05, 0) is 30.5 Å². The van der Waals surface area contributed by atoms with Crippen molar-refractivity contribution in [2.75, 3.05) is 6.54 Å². The second-order valence-corrected chi connectivity index (χ2v) is 6.64. The molecule has 1 fully saturated rings. The Labute approximate surface area is 141 Å². The average Bonchev–Trinajstić information content (AvgIpc) is 2.98. The Kier molecular flexibility index (Phi) is 3.81. The van der Waals surface area contributed by atoms with Crippen LogP contribution in [0.5, 0.6) is 0 Å². The number of rotatable bonds is 5. The number of nitrogens with one attached hydrogen (secondary N) is 1. The number of benzene rings is 2. The molecular weight excluding hydrogens is 298 g/mol. The van der Waals surface area contributed by atoms with Gasteiger partial charge in [0.2, 0.25) is 5.91 Å². The molecule has 3 aromatic rings. The van der Waals surface area contributed by atoms with E-state index in [4.69, 9.17) is 0 Å². The van der Waals surface area contributed by atoms with Crippen LogP contribution in [0.1, 0.15) is 24.8 Å². The van der Waals surface area contributed by atoms with Crippen LogP contribution in [-0.2, 0) is 16.8 Å². The molecule has 0 radical (unpaired) electrons. The summed E-state index contributed by atoms with van der Waals surface area (Å²) in [5, 5.41) is 3.14. The Morgan fingerprint density at radius 1 is 1.08 bits per heavy atom. The lowest BCUT2D eigenvalue weighted by Crippen LogP contribution is -2.46. The minimum Gasteiger partial charge on any atom is -0.354 e. The number of amides is 1. The number of carbonyl (C=O) groups excluding carboxylic acids is 1. The minimum atomic E-state index is 0.0420. The van der Waals surface area contributed by atoms with Crippen molar-refractivity contribution in [3.05, 3.63) is 66.5 Å². The highest BCUT2D eigenvalue weighted by Crippen LogP contribution is 2.43. The van der Waals surface area contributed by atoms with E-state index < -0.39 is 0 Å². The summed E-state index contributed by atoms with van der Waals surface area (Å²) in [6.07, 6.45) is 5.26. The molecule has 4 rings (SSSR count). The number of hydrogen-bond donors (Lipinski definition) is 1. The van der Waals surface area contributed by atoms with Gasteiger partial charge in [0.25, 0.3) is 0 Å². The summed E-state index contributed by atoms with van der Waals surface area (Å²) in [6.45, 7) is 1.02. The Morgan fingerprint density at radius 3 is 2.58 bits per heavy atom. The normalized spacial score (nSPS) is 15.8. The van der Waals surface area contributed by atoms with Crippen LogP contribution < -0.4 is 5.32 Å². The molecule has 1 aromatic heterocycles. The molecule has 0 unspecified atom stereocenters. The zero-order chi connectivity index (χ0) is 16.4. The molecule has 1 aliphatic rings. The van der Waals surface area contributed by atoms with E-state index in [0.29, 0.717) is 13.1 Å². The predicted molar refractivity (Wildman–Crippen MR) is 94.7 cm³/mol. The van der Waals surface area contributed by atoms with Crippen molar-refractivity contribution >= 4 is 16.9 Å². The molecule has 1 saturated carbocycles. The molecule has 0 spiro atoms. The van der Waals surface area contributed by atoms with Crippen LogP contribution in [0.15, 0.2) is 60.9 Å². The lowest BCUT2D eigenvalue weighted by Gasteiger charge is -2.42. The quantitative estimate of drug-likeness (QED) is 0.784. The standard InChI is InChI=1S/C20H21N3O/c24-19(13-23-15-22-17-9-4-5-10-18(17)23)21-14-20(11-6-12-20)16-7-2-1-3-8-16/h1-5,7-10,15H,6,11-14H2,(H,21,24). The minimum absolute atomic E-state index is 0.0420. The van der Waals surface area contributed by atoms with E-state index in [2.05, 4.69) is 34.6 Å². The smallest absolute Gasteiger partial charge is 0.240 e. The van der Waals surface area contributed by atoms with Gasteiger partial charge < -0.3 is 9.88 Å². The largest absolute Gasteiger partial charge is 0.354 e. The molecule has 0 saturated heterocycles. The number of para-hydroxylation sites is 2. The fourth-order valence-electron chi connectivity index (χ4n) is 3.58. The second-order valence-electron chi connectivity index (χ2n) is 6.64. The zero-order valence-electron chi connectivity index (χ0n) is 13.6. The summed E-state index contributed by atoms with van der Waals surface area (Å²) in [6, 6.07) is 18.4. The van der Waals surface area contributed by atoms with Gasteiger partial charge in [0.1, 0.15) is 6.54 Å². The summed E-state index contributed by atoms with van der Waals surface area (Å²) in [4.78, 5) is 16.8. The van der Waals surface area contributed by atoms with Crippen LogP contribution in [-0.4, -0.2) is 22.0 Å². The summed E-state index contributed by atoms with van der Waals surface area (Å²) >= 11 is 0. The number of imidazole rings is 1. The molecule has 4 heteroatoms. The van der Waals surface area contributed by atoms with Crippen LogP contribution in [0.4, 0.5) is 0 Å². The topological polar surface area (TPSA) is 46.9 Å². The average molecular weight is 319 g/mol. The van der Waals surface area contributed by atoms with Gasteiger partial charge in [0.05, 0.1) is 17.4 Å². The highest BCUT2D eigenvalue weighted by Gasteiger charge is 2.38. The lowest BCUT2D eigenvalue weighted by molar-refractivity contribution is -0.122. The SMILES string of the molecule is O=C(Cn1cnc2ccccc21)NCC1(c2ccccc2)CCC1. The number of hydrogen-bond acceptors (Lipinski definition) is 2. The van der Waals surface area contributed by atoms with E-state index in [1.165, 1.54) is 12.0 Å². The van der Waals surface area contributed by atoms with Gasteiger partial charge in [0, 0.05) is 12.0 Å². The molecule has 1 aliphatic carbocycles. The lowest BCUT2D eigenvalue weighted by atomic mass is 9.64. The van der Waals surface area contributed by atoms with E-state index in [0.717, 1.165) is 23.9 Å². The monoisotopic (exact) mass is 319 g/mol. The van der Waals surface area contributed by atoms with Crippen molar-refractivity contribution in [3.63, 3.8) is 0 Å². The van der Waals surface area contributed by atoms with Crippen molar-refractivity contribution in [1.82, 2.24) is 14.9 Å². The molecule has 4 nitrogen and oxygen atoms in total. The molecule has 24 heavy (non-hydrogen) atoms. The van der Waals surface area contributed by atoms with Crippen molar-refractivity contribution in [3.8, 4) is 0 Å². The maximum Gasteiger partial charge on any atom is 0.240 e. The van der Waals surface area contributed by atoms with E-state index in [1.807, 2.05) is 34.9 Å². The molecule has 122 valence electrons. The molecule has 0 aliphatic heterocycles. The first-order valence-electron chi connectivity index (χ1n) is 8.49. The maximum absolute atomic E-state index is 12.4. The van der Waals surface area contributed by atoms with Crippen molar-refractivity contribution < 1.29 is 4.79 Å². The van der Waals surface area contributed by atoms with Crippen LogP contribution in [0.3, 0.4) is 0 Å². The Balaban J connectivity index is 1.43. The van der Waals surface area contributed by atoms with E-state index >= 15 is 0 Å². The Morgan fingerprint density at radius 2 is 1.83 bits per heavy atom. The fraction of sp³-hybridized carbons (Fsp3) is 0.300. The van der Waals surface area contributed by atoms with Crippen molar-refractivity contribution in [2.24, 2.45) is 0 Å². The molecule has 1 N–H and O–H groups in total. The third-order valence-electron chi connectivity index (χ3n) is 5.16. The van der Waals surface area contributed by atoms with Crippen LogP contribution in [0, 0.1) is 0 Å². The molecule has 1 amide bonds. The van der Waals surface area contributed by atoms with Gasteiger partial charge in [-0.15, -0.1) is 0 Å². The summed E-state index contributed by atoms with van der Waals surface area (Å²) in [7, 11) is 0. The van der Waals surface area contributed by atoms with Crippen LogP contribution in [0.2, 0.25) is 0 Å². The Bertz CT molecular complexity index is 849. The number of nitrogens with zero attached hydrogens (tertiary/aromatic N) is 2. The maximum atomic E-state index is 12.4. The number of fused-ring (bicyclic) bond motifs is 1. The van der Waals surface area contributed by atoms with Gasteiger partial charge >= 0.3 is 0 Å². The van der Waals surface area contributed by atoms with E-state index in [-0.39, 0.29) is 11.3 Å². The third kappa shape index (κ3) is 2.68. The highest BCUT2D eigenvalue weighted by atomic mass is 16.1. The van der Waals surface area contributed by atoms with Gasteiger partial charge in [-0.3, -0.25) is 4.79 Å². The van der Waals surface area contributed by atoms with E-state index in [1.54, 1.807) is 6.33 Å². The van der Waals surface area contributed by atoms with Crippen molar-refractivity contribution in [2.45, 2.75) is 31.2 Å². The second kappa shape index (κ2) is 6.11. The van der Waals surface area contributed by atoms with Gasteiger partial charge in [-0.25, -0.2) is 4.98 Å². The molecule has 0 atom stereocenters. The van der Waals surface area contributed by atoms with Gasteiger partial charge in [-0.1, -0.05) is 48.9 Å². The summed E-state index contributed by atoms with van der Waals surface area (Å²) in [5.41, 5.74) is 3.37. The highest BCUT2D eigenvalue weighted by molar-refractivity contribution is 5.80. The van der Waals surface area contributed by atoms with Gasteiger partial charge in [0.15, 0.2) is 0 Å². The molecule has 1 heterocycles. The van der Waals surface area contributed by atoms with Crippen LogP contribution >= 0.6 is 0 Å². The Hall–Kier alpha value is -2.62. The number of carbonyl (C=O) groups is 1. The number of aromatic nitrogens is 2. The molecular formula is C20H21N3O. The molecule has 2 aromatic carbocycles. The first-order chi connectivity index (χ1) is 11.8. The van der Waals surface area contributed by atoms with Gasteiger partial charge in [-0.2, -0.15) is 0 Å². The predicted octanol–water partition coefficient (Wildman–Crippen LogP) is 3.27. The summed E-state index contributed by atoms with van der Waals surface area (Å²) < 4.78 is 1.90. The first-order valence-corrected chi connectivity index (χ1v) is 8.49. The summed E-state index contributed by atoms with van der Waals surface area (Å²) in [5.74, 6) is 0.0420. The van der Waals surface area contributed by atoms with Crippen molar-refractivity contribution in [1.29, 1.82) is 0 Å². The first kappa shape index (κ1) is 14.9. The third-order valence-corrected chi connectivity index (χ3v) is 5.16. The van der Waals surface area contributed by atoms with E-state index in [9.17, 15) is 4.79 Å². The molecule has 0 bridgehead atoms. The van der Waals surface area contributed by atoms with Crippen LogP contribution in [0.25, 0.3) is 11.0 Å². The fourth-order valence-corrected chi connectivity index (χ4v) is 3.58. The zero-order valence-corrected chi connectivity index (χ0v) is 13.6.